The maximum Gasteiger partial charge on any atom is 0.224 e. The van der Waals surface area contributed by atoms with Crippen LogP contribution in [0.25, 0.3) is 22.2 Å². The molecule has 0 radical (unpaired) electrons. The summed E-state index contributed by atoms with van der Waals surface area (Å²) >= 11 is 3.47. The fraction of sp³-hybridized carbons (Fsp3) is 0.185. The summed E-state index contributed by atoms with van der Waals surface area (Å²) in [6.45, 7) is 5.28. The number of hydrogen-bond donors (Lipinski definition) is 1. The maximum atomic E-state index is 12.4. The number of para-hydroxylation sites is 2. The molecule has 0 aliphatic carbocycles. The van der Waals surface area contributed by atoms with Crippen LogP contribution in [0.15, 0.2) is 89.9 Å². The number of allylic oxidation sites excluding steroid dienone is 1. The Balaban J connectivity index is 1.29. The number of aromatic nitrogens is 2. The molecule has 162 valence electrons. The van der Waals surface area contributed by atoms with Crippen LogP contribution in [0.5, 0.6) is 0 Å². The van der Waals surface area contributed by atoms with Crippen molar-refractivity contribution in [3.8, 4) is 11.1 Å². The van der Waals surface area contributed by atoms with E-state index in [1.807, 2.05) is 48.5 Å². The highest BCUT2D eigenvalue weighted by Gasteiger charge is 2.11. The minimum Gasteiger partial charge on any atom is -0.356 e. The largest absolute Gasteiger partial charge is 0.356 e. The summed E-state index contributed by atoms with van der Waals surface area (Å²) in [5.41, 5.74) is 5.44. The van der Waals surface area contributed by atoms with E-state index in [2.05, 4.69) is 62.7 Å². The normalized spacial score (nSPS) is 10.9. The zero-order valence-electron chi connectivity index (χ0n) is 17.9. The molecule has 0 bridgehead atoms. The molecule has 5 heteroatoms. The fourth-order valence-corrected chi connectivity index (χ4v) is 4.08. The SMILES string of the molecule is C=C(Br)Cn1c(CCCNC(=O)Cc2ccc(-c3ccccc3)cc2)nc2ccccc21. The lowest BCUT2D eigenvalue weighted by atomic mass is 10.0. The smallest absolute Gasteiger partial charge is 0.224 e. The molecule has 4 rings (SSSR count). The van der Waals surface area contributed by atoms with Crippen LogP contribution >= 0.6 is 15.9 Å². The first-order valence-electron chi connectivity index (χ1n) is 10.8. The van der Waals surface area contributed by atoms with Gasteiger partial charge in [0.05, 0.1) is 24.0 Å². The molecule has 1 N–H and O–H groups in total. The number of carbonyl (C=O) groups is 1. The van der Waals surface area contributed by atoms with Crippen molar-refractivity contribution < 1.29 is 4.79 Å². The number of halogens is 1. The number of benzene rings is 3. The van der Waals surface area contributed by atoms with Crippen molar-refractivity contribution >= 4 is 32.9 Å². The predicted molar refractivity (Wildman–Crippen MR) is 135 cm³/mol. The molecule has 32 heavy (non-hydrogen) atoms. The van der Waals surface area contributed by atoms with E-state index in [-0.39, 0.29) is 5.91 Å². The van der Waals surface area contributed by atoms with Gasteiger partial charge in [0.15, 0.2) is 0 Å². The molecule has 3 aromatic carbocycles. The second-order valence-corrected chi connectivity index (χ2v) is 8.93. The molecule has 0 saturated carbocycles. The number of nitrogens with zero attached hydrogens (tertiary/aromatic N) is 2. The van der Waals surface area contributed by atoms with E-state index in [4.69, 9.17) is 4.98 Å². The van der Waals surface area contributed by atoms with Crippen LogP contribution in [0.2, 0.25) is 0 Å². The van der Waals surface area contributed by atoms with Gasteiger partial charge in [0, 0.05) is 17.4 Å². The first-order valence-corrected chi connectivity index (χ1v) is 11.6. The third kappa shape index (κ3) is 5.54. The Kier molecular flexibility index (Phi) is 7.17. The number of hydrogen-bond acceptors (Lipinski definition) is 2. The van der Waals surface area contributed by atoms with E-state index < -0.39 is 0 Å². The highest BCUT2D eigenvalue weighted by Crippen LogP contribution is 2.21. The Morgan fingerprint density at radius 2 is 1.62 bits per heavy atom. The average Bonchev–Trinajstić information content (AvgIpc) is 3.14. The van der Waals surface area contributed by atoms with Gasteiger partial charge in [-0.05, 0) is 35.2 Å². The molecule has 1 heterocycles. The molecule has 1 amide bonds. The summed E-state index contributed by atoms with van der Waals surface area (Å²) in [6, 6.07) is 26.6. The second kappa shape index (κ2) is 10.4. The van der Waals surface area contributed by atoms with Gasteiger partial charge in [0.1, 0.15) is 5.82 Å². The van der Waals surface area contributed by atoms with Gasteiger partial charge in [0.2, 0.25) is 5.91 Å². The zero-order valence-corrected chi connectivity index (χ0v) is 19.5. The van der Waals surface area contributed by atoms with Crippen molar-refractivity contribution in [2.45, 2.75) is 25.8 Å². The van der Waals surface area contributed by atoms with Crippen LogP contribution in [-0.4, -0.2) is 22.0 Å². The third-order valence-corrected chi connectivity index (χ3v) is 5.64. The number of carbonyl (C=O) groups excluding carboxylic acids is 1. The van der Waals surface area contributed by atoms with Gasteiger partial charge in [-0.3, -0.25) is 4.79 Å². The summed E-state index contributed by atoms with van der Waals surface area (Å²) in [5.74, 6) is 1.05. The van der Waals surface area contributed by atoms with E-state index in [1.54, 1.807) is 0 Å². The number of fused-ring (bicyclic) bond motifs is 1. The zero-order chi connectivity index (χ0) is 22.3. The molecular formula is C27H26BrN3O. The highest BCUT2D eigenvalue weighted by molar-refractivity contribution is 9.11. The Labute approximate surface area is 197 Å². The average molecular weight is 488 g/mol. The second-order valence-electron chi connectivity index (χ2n) is 7.81. The van der Waals surface area contributed by atoms with E-state index in [9.17, 15) is 4.79 Å². The summed E-state index contributed by atoms with van der Waals surface area (Å²) in [4.78, 5) is 17.2. The van der Waals surface area contributed by atoms with Crippen LogP contribution in [0, 0.1) is 0 Å². The van der Waals surface area contributed by atoms with Gasteiger partial charge < -0.3 is 9.88 Å². The first kappa shape index (κ1) is 22.0. The summed E-state index contributed by atoms with van der Waals surface area (Å²) < 4.78 is 3.09. The Hall–Kier alpha value is -3.18. The first-order chi connectivity index (χ1) is 15.6. The van der Waals surface area contributed by atoms with Crippen LogP contribution < -0.4 is 5.32 Å². The predicted octanol–water partition coefficient (Wildman–Crippen LogP) is 5.90. The van der Waals surface area contributed by atoms with Crippen molar-refractivity contribution in [1.29, 1.82) is 0 Å². The van der Waals surface area contributed by atoms with E-state index in [0.29, 0.717) is 19.5 Å². The Morgan fingerprint density at radius 1 is 0.938 bits per heavy atom. The fourth-order valence-electron chi connectivity index (χ4n) is 3.83. The van der Waals surface area contributed by atoms with E-state index in [0.717, 1.165) is 45.3 Å². The Morgan fingerprint density at radius 3 is 2.38 bits per heavy atom. The molecule has 0 aliphatic heterocycles. The van der Waals surface area contributed by atoms with Gasteiger partial charge in [-0.15, -0.1) is 0 Å². The van der Waals surface area contributed by atoms with E-state index in [1.165, 1.54) is 5.56 Å². The summed E-state index contributed by atoms with van der Waals surface area (Å²) in [6.07, 6.45) is 2.01. The van der Waals surface area contributed by atoms with Crippen molar-refractivity contribution in [2.75, 3.05) is 6.54 Å². The minimum atomic E-state index is 0.0415. The molecule has 0 unspecified atom stereocenters. The lowest BCUT2D eigenvalue weighted by Crippen LogP contribution is -2.26. The Bertz CT molecular complexity index is 1210. The summed E-state index contributed by atoms with van der Waals surface area (Å²) in [5, 5.41) is 3.04. The third-order valence-electron chi connectivity index (χ3n) is 5.39. The number of imidazole rings is 1. The maximum absolute atomic E-state index is 12.4. The van der Waals surface area contributed by atoms with E-state index >= 15 is 0 Å². The molecule has 4 nitrogen and oxygen atoms in total. The monoisotopic (exact) mass is 487 g/mol. The summed E-state index contributed by atoms with van der Waals surface area (Å²) in [7, 11) is 0. The van der Waals surface area contributed by atoms with Gasteiger partial charge in [0.25, 0.3) is 0 Å². The molecule has 0 saturated heterocycles. The molecule has 4 aromatic rings. The standard InChI is InChI=1S/C27H26BrN3O/c1-20(28)19-31-25-11-6-5-10-24(25)30-26(31)12-7-17-29-27(32)18-21-13-15-23(16-14-21)22-8-3-2-4-9-22/h2-6,8-11,13-16H,1,7,12,17-19H2,(H,29,32). The van der Waals surface area contributed by atoms with Gasteiger partial charge >= 0.3 is 0 Å². The van der Waals surface area contributed by atoms with Crippen molar-refractivity contribution in [3.05, 3.63) is 101 Å². The van der Waals surface area contributed by atoms with Crippen LogP contribution in [0.3, 0.4) is 0 Å². The molecule has 0 aliphatic rings. The van der Waals surface area contributed by atoms with Gasteiger partial charge in [-0.25, -0.2) is 4.98 Å². The lowest BCUT2D eigenvalue weighted by Gasteiger charge is -2.09. The molecule has 1 aromatic heterocycles. The number of aryl methyl sites for hydroxylation is 1. The lowest BCUT2D eigenvalue weighted by molar-refractivity contribution is -0.120. The molecule has 0 fully saturated rings. The van der Waals surface area contributed by atoms with Crippen molar-refractivity contribution in [3.63, 3.8) is 0 Å². The van der Waals surface area contributed by atoms with Gasteiger partial charge in [-0.2, -0.15) is 0 Å². The van der Waals surface area contributed by atoms with Crippen molar-refractivity contribution in [2.24, 2.45) is 0 Å². The number of nitrogens with one attached hydrogen (secondary N) is 1. The van der Waals surface area contributed by atoms with Crippen LogP contribution in [0.1, 0.15) is 17.8 Å². The van der Waals surface area contributed by atoms with Crippen LogP contribution in [0.4, 0.5) is 0 Å². The molecular weight excluding hydrogens is 462 g/mol. The quantitative estimate of drug-likeness (QED) is 0.298. The number of rotatable bonds is 9. The number of amides is 1. The van der Waals surface area contributed by atoms with Crippen LogP contribution in [-0.2, 0) is 24.2 Å². The van der Waals surface area contributed by atoms with Crippen molar-refractivity contribution in [1.82, 2.24) is 14.9 Å². The van der Waals surface area contributed by atoms with Gasteiger partial charge in [-0.1, -0.05) is 89.2 Å². The minimum absolute atomic E-state index is 0.0415. The molecule has 0 spiro atoms. The molecule has 0 atom stereocenters. The topological polar surface area (TPSA) is 46.9 Å². The highest BCUT2D eigenvalue weighted by atomic mass is 79.9.